The predicted molar refractivity (Wildman–Crippen MR) is 80.2 cm³/mol. The number of rotatable bonds is 9. The summed E-state index contributed by atoms with van der Waals surface area (Å²) in [6.07, 6.45) is 1.64. The van der Waals surface area contributed by atoms with E-state index in [1.54, 1.807) is 13.8 Å². The van der Waals surface area contributed by atoms with E-state index >= 15 is 0 Å². The van der Waals surface area contributed by atoms with E-state index in [4.69, 9.17) is 32.7 Å². The normalized spacial score (nSPS) is 14.5. The molecule has 0 aromatic carbocycles. The van der Waals surface area contributed by atoms with E-state index in [1.807, 2.05) is 13.8 Å². The summed E-state index contributed by atoms with van der Waals surface area (Å²) in [5.41, 5.74) is -0.838. The molecule has 0 rings (SSSR count). The molecule has 0 aromatic heterocycles. The molecule has 0 saturated heterocycles. The number of hydrogen-bond acceptors (Lipinski definition) is 4. The van der Waals surface area contributed by atoms with Crippen molar-refractivity contribution >= 4 is 35.1 Å². The second-order valence-electron chi connectivity index (χ2n) is 5.53. The van der Waals surface area contributed by atoms with Crippen molar-refractivity contribution in [2.75, 3.05) is 6.61 Å². The summed E-state index contributed by atoms with van der Waals surface area (Å²) in [6, 6.07) is 0. The molecule has 118 valence electrons. The zero-order valence-electron chi connectivity index (χ0n) is 12.6. The van der Waals surface area contributed by atoms with Gasteiger partial charge in [0, 0.05) is 23.6 Å². The van der Waals surface area contributed by atoms with Crippen molar-refractivity contribution in [3.63, 3.8) is 0 Å². The number of halogens is 2. The lowest BCUT2D eigenvalue weighted by Gasteiger charge is -2.24. The number of hydrogen-bond donors (Lipinski definition) is 0. The quantitative estimate of drug-likeness (QED) is 0.479. The average Bonchev–Trinajstić information content (AvgIpc) is 2.31. The average molecular weight is 327 g/mol. The first kappa shape index (κ1) is 19.5. The molecule has 0 aliphatic rings. The molecule has 0 N–H and O–H groups in total. The molecule has 2 atom stereocenters. The van der Waals surface area contributed by atoms with E-state index in [9.17, 15) is 9.59 Å². The Balaban J connectivity index is 3.99. The first-order chi connectivity index (χ1) is 9.12. The maximum Gasteiger partial charge on any atom is 0.306 e. The van der Waals surface area contributed by atoms with E-state index in [2.05, 4.69) is 0 Å². The standard InChI is InChI=1S/C14H24Cl2O4/c1-10(15)5-7-12(17)19-9-14(3,4)20-13(18)8-6-11(2)16/h10-11H,5-9H2,1-4H3. The van der Waals surface area contributed by atoms with Crippen molar-refractivity contribution < 1.29 is 19.1 Å². The van der Waals surface area contributed by atoms with Gasteiger partial charge in [-0.15, -0.1) is 23.2 Å². The molecule has 20 heavy (non-hydrogen) atoms. The highest BCUT2D eigenvalue weighted by molar-refractivity contribution is 6.20. The van der Waals surface area contributed by atoms with Crippen LogP contribution in [0.3, 0.4) is 0 Å². The smallest absolute Gasteiger partial charge is 0.306 e. The second-order valence-corrected chi connectivity index (χ2v) is 7.02. The molecule has 0 fully saturated rings. The maximum atomic E-state index is 11.6. The molecular weight excluding hydrogens is 303 g/mol. The Hall–Kier alpha value is -0.480. The fraction of sp³-hybridized carbons (Fsp3) is 0.857. The molecule has 0 radical (unpaired) electrons. The van der Waals surface area contributed by atoms with Gasteiger partial charge in [0.2, 0.25) is 0 Å². The molecule has 6 heteroatoms. The van der Waals surface area contributed by atoms with Gasteiger partial charge in [0.1, 0.15) is 12.2 Å². The molecule has 0 heterocycles. The molecule has 0 aliphatic heterocycles. The van der Waals surface area contributed by atoms with Crippen molar-refractivity contribution in [2.45, 2.75) is 69.7 Å². The van der Waals surface area contributed by atoms with Gasteiger partial charge in [0.05, 0.1) is 0 Å². The van der Waals surface area contributed by atoms with Crippen molar-refractivity contribution in [1.82, 2.24) is 0 Å². The summed E-state index contributed by atoms with van der Waals surface area (Å²) >= 11 is 11.5. The fourth-order valence-electron chi connectivity index (χ4n) is 1.35. The van der Waals surface area contributed by atoms with Gasteiger partial charge in [-0.25, -0.2) is 0 Å². The first-order valence-electron chi connectivity index (χ1n) is 6.78. The summed E-state index contributed by atoms with van der Waals surface area (Å²) in [5.74, 6) is -0.677. The minimum Gasteiger partial charge on any atom is -0.461 e. The van der Waals surface area contributed by atoms with Gasteiger partial charge < -0.3 is 9.47 Å². The molecule has 0 aliphatic carbocycles. The number of carbonyl (C=O) groups excluding carboxylic acids is 2. The van der Waals surface area contributed by atoms with Gasteiger partial charge in [0.15, 0.2) is 0 Å². The van der Waals surface area contributed by atoms with Gasteiger partial charge in [-0.05, 0) is 40.5 Å². The van der Waals surface area contributed by atoms with E-state index in [-0.39, 0.29) is 42.1 Å². The summed E-state index contributed by atoms with van der Waals surface area (Å²) in [5, 5.41) is -0.132. The van der Waals surface area contributed by atoms with Crippen LogP contribution in [0.4, 0.5) is 0 Å². The van der Waals surface area contributed by atoms with Crippen LogP contribution in [0.15, 0.2) is 0 Å². The van der Waals surface area contributed by atoms with Crippen LogP contribution in [0.1, 0.15) is 53.4 Å². The molecule has 2 unspecified atom stereocenters. The van der Waals surface area contributed by atoms with Crippen LogP contribution in [0, 0.1) is 0 Å². The van der Waals surface area contributed by atoms with Gasteiger partial charge in [-0.1, -0.05) is 0 Å². The summed E-state index contributed by atoms with van der Waals surface area (Å²) in [7, 11) is 0. The van der Waals surface area contributed by atoms with Gasteiger partial charge >= 0.3 is 11.9 Å². The lowest BCUT2D eigenvalue weighted by Crippen LogP contribution is -2.34. The SMILES string of the molecule is CC(Cl)CCC(=O)OCC(C)(C)OC(=O)CCC(C)Cl. The van der Waals surface area contributed by atoms with Crippen LogP contribution < -0.4 is 0 Å². The second kappa shape index (κ2) is 9.46. The van der Waals surface area contributed by atoms with Crippen molar-refractivity contribution in [2.24, 2.45) is 0 Å². The maximum absolute atomic E-state index is 11.6. The lowest BCUT2D eigenvalue weighted by molar-refractivity contribution is -0.168. The van der Waals surface area contributed by atoms with Crippen LogP contribution in [-0.2, 0) is 19.1 Å². The molecule has 0 amide bonds. The number of alkyl halides is 2. The van der Waals surface area contributed by atoms with Crippen LogP contribution >= 0.6 is 23.2 Å². The minimum absolute atomic E-state index is 0.0324. The highest BCUT2D eigenvalue weighted by Crippen LogP contribution is 2.14. The van der Waals surface area contributed by atoms with Gasteiger partial charge in [0.25, 0.3) is 0 Å². The Kier molecular flexibility index (Phi) is 9.23. The highest BCUT2D eigenvalue weighted by atomic mass is 35.5. The topological polar surface area (TPSA) is 52.6 Å². The van der Waals surface area contributed by atoms with E-state index < -0.39 is 5.60 Å². The van der Waals surface area contributed by atoms with Gasteiger partial charge in [-0.3, -0.25) is 9.59 Å². The Morgan fingerprint density at radius 2 is 1.45 bits per heavy atom. The Morgan fingerprint density at radius 3 is 1.90 bits per heavy atom. The Morgan fingerprint density at radius 1 is 1.00 bits per heavy atom. The first-order valence-corrected chi connectivity index (χ1v) is 7.65. The molecule has 0 bridgehead atoms. The molecular formula is C14H24Cl2O4. The predicted octanol–water partition coefficient (Wildman–Crippen LogP) is 3.67. The van der Waals surface area contributed by atoms with Crippen LogP contribution in [-0.4, -0.2) is 34.9 Å². The monoisotopic (exact) mass is 326 g/mol. The number of ether oxygens (including phenoxy) is 2. The molecule has 0 aromatic rings. The summed E-state index contributed by atoms with van der Waals surface area (Å²) in [4.78, 5) is 23.0. The van der Waals surface area contributed by atoms with Crippen LogP contribution in [0.5, 0.6) is 0 Å². The minimum atomic E-state index is -0.838. The van der Waals surface area contributed by atoms with Gasteiger partial charge in [-0.2, -0.15) is 0 Å². The third kappa shape index (κ3) is 11.4. The Bertz CT molecular complexity index is 314. The number of esters is 2. The third-order valence-corrected chi connectivity index (χ3v) is 2.90. The molecule has 0 spiro atoms. The lowest BCUT2D eigenvalue weighted by atomic mass is 10.1. The summed E-state index contributed by atoms with van der Waals surface area (Å²) in [6.45, 7) is 7.07. The van der Waals surface area contributed by atoms with Crippen molar-refractivity contribution in [1.29, 1.82) is 0 Å². The highest BCUT2D eigenvalue weighted by Gasteiger charge is 2.25. The zero-order chi connectivity index (χ0) is 15.8. The Labute approximate surface area is 131 Å². The van der Waals surface area contributed by atoms with Crippen molar-refractivity contribution in [3.8, 4) is 0 Å². The van der Waals surface area contributed by atoms with Crippen molar-refractivity contribution in [3.05, 3.63) is 0 Å². The number of carbonyl (C=O) groups is 2. The zero-order valence-corrected chi connectivity index (χ0v) is 14.1. The molecule has 4 nitrogen and oxygen atoms in total. The largest absolute Gasteiger partial charge is 0.461 e. The summed E-state index contributed by atoms with van der Waals surface area (Å²) < 4.78 is 10.3. The van der Waals surface area contributed by atoms with Crippen LogP contribution in [0.25, 0.3) is 0 Å². The fourth-order valence-corrected chi connectivity index (χ4v) is 1.57. The third-order valence-electron chi connectivity index (χ3n) is 2.46. The van der Waals surface area contributed by atoms with E-state index in [0.29, 0.717) is 12.8 Å². The van der Waals surface area contributed by atoms with E-state index in [0.717, 1.165) is 0 Å². The van der Waals surface area contributed by atoms with Crippen LogP contribution in [0.2, 0.25) is 0 Å². The molecule has 0 saturated carbocycles. The van der Waals surface area contributed by atoms with E-state index in [1.165, 1.54) is 0 Å².